The van der Waals surface area contributed by atoms with E-state index in [1.54, 1.807) is 0 Å². The van der Waals surface area contributed by atoms with Crippen molar-refractivity contribution < 1.29 is 0 Å². The lowest BCUT2D eigenvalue weighted by Crippen LogP contribution is -2.53. The molecule has 1 saturated heterocycles. The van der Waals surface area contributed by atoms with Gasteiger partial charge in [0.1, 0.15) is 0 Å². The Morgan fingerprint density at radius 2 is 1.76 bits per heavy atom. The minimum atomic E-state index is 0.743. The van der Waals surface area contributed by atoms with Gasteiger partial charge >= 0.3 is 0 Å². The van der Waals surface area contributed by atoms with Gasteiger partial charge in [-0.2, -0.15) is 0 Å². The van der Waals surface area contributed by atoms with Crippen molar-refractivity contribution in [1.29, 1.82) is 0 Å². The van der Waals surface area contributed by atoms with E-state index in [9.17, 15) is 0 Å². The largest absolute Gasteiger partial charge is 0.330 e. The molecule has 3 nitrogen and oxygen atoms in total. The second kappa shape index (κ2) is 8.50. The van der Waals surface area contributed by atoms with E-state index >= 15 is 0 Å². The maximum absolute atomic E-state index is 6.06. The van der Waals surface area contributed by atoms with Crippen LogP contribution in [0.3, 0.4) is 0 Å². The van der Waals surface area contributed by atoms with Gasteiger partial charge in [-0.3, -0.25) is 4.90 Å². The first-order chi connectivity index (χ1) is 10.2. The van der Waals surface area contributed by atoms with Crippen molar-refractivity contribution in [3.05, 3.63) is 0 Å². The molecule has 0 spiro atoms. The van der Waals surface area contributed by atoms with Crippen LogP contribution in [0.5, 0.6) is 0 Å². The van der Waals surface area contributed by atoms with Crippen LogP contribution in [-0.2, 0) is 0 Å². The summed E-state index contributed by atoms with van der Waals surface area (Å²) in [5.74, 6) is 1.54. The Balaban J connectivity index is 1.89. The van der Waals surface area contributed by atoms with Gasteiger partial charge < -0.3 is 10.6 Å². The first-order valence-electron chi connectivity index (χ1n) is 9.33. The molecule has 0 amide bonds. The molecule has 1 saturated carbocycles. The van der Waals surface area contributed by atoms with Crippen molar-refractivity contribution in [3.8, 4) is 0 Å². The average Bonchev–Trinajstić information content (AvgIpc) is 2.49. The Kier molecular flexibility index (Phi) is 6.97. The van der Waals surface area contributed by atoms with E-state index in [1.165, 1.54) is 64.7 Å². The van der Waals surface area contributed by atoms with E-state index in [-0.39, 0.29) is 0 Å². The summed E-state index contributed by atoms with van der Waals surface area (Å²) in [6.45, 7) is 13.0. The highest BCUT2D eigenvalue weighted by Gasteiger charge is 2.33. The summed E-state index contributed by atoms with van der Waals surface area (Å²) in [6.07, 6.45) is 8.24. The highest BCUT2D eigenvalue weighted by molar-refractivity contribution is 4.89. The SMILES string of the molecule is CCN(C1CCN(CC(C)C)CC1)C1CCCCC1CN. The zero-order chi connectivity index (χ0) is 15.2. The van der Waals surface area contributed by atoms with Crippen molar-refractivity contribution in [1.82, 2.24) is 9.80 Å². The molecule has 1 aliphatic carbocycles. The van der Waals surface area contributed by atoms with Gasteiger partial charge in [-0.25, -0.2) is 0 Å². The zero-order valence-electron chi connectivity index (χ0n) is 14.6. The summed E-state index contributed by atoms with van der Waals surface area (Å²) in [5.41, 5.74) is 6.06. The lowest BCUT2D eigenvalue weighted by Gasteiger charge is -2.46. The number of piperidine rings is 1. The van der Waals surface area contributed by atoms with Gasteiger partial charge in [-0.15, -0.1) is 0 Å². The van der Waals surface area contributed by atoms with Crippen LogP contribution >= 0.6 is 0 Å². The Morgan fingerprint density at radius 3 is 2.33 bits per heavy atom. The van der Waals surface area contributed by atoms with Crippen LogP contribution in [0.15, 0.2) is 0 Å². The minimum Gasteiger partial charge on any atom is -0.330 e. The van der Waals surface area contributed by atoms with Gasteiger partial charge in [-0.05, 0) is 63.7 Å². The molecular formula is C18H37N3. The van der Waals surface area contributed by atoms with Gasteiger partial charge in [0.25, 0.3) is 0 Å². The highest BCUT2D eigenvalue weighted by Crippen LogP contribution is 2.31. The molecule has 2 fully saturated rings. The third-order valence-corrected chi connectivity index (χ3v) is 5.61. The van der Waals surface area contributed by atoms with Gasteiger partial charge in [-0.1, -0.05) is 33.6 Å². The standard InChI is InChI=1S/C18H37N3/c1-4-21(18-8-6-5-7-16(18)13-19)17-9-11-20(12-10-17)14-15(2)3/h15-18H,4-14,19H2,1-3H3. The van der Waals surface area contributed by atoms with Crippen molar-refractivity contribution >= 4 is 0 Å². The first-order valence-corrected chi connectivity index (χ1v) is 9.33. The number of likely N-dealkylation sites (tertiary alicyclic amines) is 1. The predicted octanol–water partition coefficient (Wildman–Crippen LogP) is 2.95. The van der Waals surface area contributed by atoms with Crippen LogP contribution in [0.2, 0.25) is 0 Å². The Hall–Kier alpha value is -0.120. The number of hydrogen-bond donors (Lipinski definition) is 1. The first kappa shape index (κ1) is 17.2. The van der Waals surface area contributed by atoms with Gasteiger partial charge in [0.2, 0.25) is 0 Å². The molecule has 0 radical (unpaired) electrons. The normalized spacial score (nSPS) is 29.4. The van der Waals surface area contributed by atoms with E-state index in [4.69, 9.17) is 5.73 Å². The number of hydrogen-bond acceptors (Lipinski definition) is 3. The monoisotopic (exact) mass is 295 g/mol. The van der Waals surface area contributed by atoms with Crippen molar-refractivity contribution in [2.24, 2.45) is 17.6 Å². The molecule has 0 aromatic carbocycles. The van der Waals surface area contributed by atoms with Gasteiger partial charge in [0.05, 0.1) is 0 Å². The number of nitrogens with zero attached hydrogens (tertiary/aromatic N) is 2. The summed E-state index contributed by atoms with van der Waals surface area (Å²) in [5, 5.41) is 0. The lowest BCUT2D eigenvalue weighted by atomic mass is 9.82. The fourth-order valence-corrected chi connectivity index (χ4v) is 4.61. The lowest BCUT2D eigenvalue weighted by molar-refractivity contribution is 0.0344. The molecule has 2 N–H and O–H groups in total. The quantitative estimate of drug-likeness (QED) is 0.818. The van der Waals surface area contributed by atoms with Crippen LogP contribution in [0.25, 0.3) is 0 Å². The van der Waals surface area contributed by atoms with E-state index in [0.717, 1.165) is 30.5 Å². The molecule has 21 heavy (non-hydrogen) atoms. The molecule has 0 bridgehead atoms. The van der Waals surface area contributed by atoms with Gasteiger partial charge in [0.15, 0.2) is 0 Å². The van der Waals surface area contributed by atoms with E-state index < -0.39 is 0 Å². The molecule has 0 aromatic rings. The second-order valence-electron chi connectivity index (χ2n) is 7.60. The van der Waals surface area contributed by atoms with E-state index in [1.807, 2.05) is 0 Å². The Labute approximate surface area is 132 Å². The van der Waals surface area contributed by atoms with Crippen molar-refractivity contribution in [2.45, 2.75) is 71.4 Å². The third-order valence-electron chi connectivity index (χ3n) is 5.61. The molecular weight excluding hydrogens is 258 g/mol. The van der Waals surface area contributed by atoms with Gasteiger partial charge in [0, 0.05) is 18.6 Å². The topological polar surface area (TPSA) is 32.5 Å². The van der Waals surface area contributed by atoms with Crippen molar-refractivity contribution in [2.75, 3.05) is 32.7 Å². The molecule has 0 aromatic heterocycles. The zero-order valence-corrected chi connectivity index (χ0v) is 14.6. The molecule has 3 heteroatoms. The molecule has 2 unspecified atom stereocenters. The van der Waals surface area contributed by atoms with Crippen LogP contribution in [0.1, 0.15) is 59.3 Å². The van der Waals surface area contributed by atoms with Crippen molar-refractivity contribution in [3.63, 3.8) is 0 Å². The fraction of sp³-hybridized carbons (Fsp3) is 1.00. The second-order valence-corrected chi connectivity index (χ2v) is 7.60. The molecule has 2 rings (SSSR count). The van der Waals surface area contributed by atoms with E-state index in [2.05, 4.69) is 30.6 Å². The maximum Gasteiger partial charge on any atom is 0.0138 e. The molecule has 1 heterocycles. The number of nitrogens with two attached hydrogens (primary N) is 1. The summed E-state index contributed by atoms with van der Waals surface area (Å²) < 4.78 is 0. The molecule has 2 atom stereocenters. The van der Waals surface area contributed by atoms with Crippen LogP contribution < -0.4 is 5.73 Å². The summed E-state index contributed by atoms with van der Waals surface area (Å²) in [6, 6.07) is 1.56. The molecule has 1 aliphatic heterocycles. The van der Waals surface area contributed by atoms with Crippen LogP contribution in [0.4, 0.5) is 0 Å². The average molecular weight is 296 g/mol. The number of rotatable bonds is 6. The Bertz CT molecular complexity index is 284. The predicted molar refractivity (Wildman–Crippen MR) is 91.5 cm³/mol. The summed E-state index contributed by atoms with van der Waals surface area (Å²) in [4.78, 5) is 5.49. The Morgan fingerprint density at radius 1 is 1.10 bits per heavy atom. The van der Waals surface area contributed by atoms with Crippen LogP contribution in [0, 0.1) is 11.8 Å². The highest BCUT2D eigenvalue weighted by atomic mass is 15.2. The summed E-state index contributed by atoms with van der Waals surface area (Å²) >= 11 is 0. The third kappa shape index (κ3) is 4.67. The molecule has 124 valence electrons. The fourth-order valence-electron chi connectivity index (χ4n) is 4.61. The van der Waals surface area contributed by atoms with E-state index in [0.29, 0.717) is 0 Å². The minimum absolute atomic E-state index is 0.743. The smallest absolute Gasteiger partial charge is 0.0138 e. The summed E-state index contributed by atoms with van der Waals surface area (Å²) in [7, 11) is 0. The maximum atomic E-state index is 6.06. The molecule has 2 aliphatic rings. The van der Waals surface area contributed by atoms with Crippen LogP contribution in [-0.4, -0.2) is 54.6 Å².